The normalized spacial score (nSPS) is 23.8. The number of nitrogens with two attached hydrogens (primary N) is 1. The highest BCUT2D eigenvalue weighted by atomic mass is 16.5. The summed E-state index contributed by atoms with van der Waals surface area (Å²) in [4.78, 5) is 13.8. The van der Waals surface area contributed by atoms with Gasteiger partial charge in [-0.25, -0.2) is 4.79 Å². The van der Waals surface area contributed by atoms with Gasteiger partial charge in [0.05, 0.1) is 6.10 Å². The summed E-state index contributed by atoms with van der Waals surface area (Å²) in [5.74, 6) is -0.999. The van der Waals surface area contributed by atoms with Crippen molar-refractivity contribution < 1.29 is 14.6 Å². The highest BCUT2D eigenvalue weighted by molar-refractivity contribution is 5.80. The van der Waals surface area contributed by atoms with Crippen LogP contribution in [0.4, 0.5) is 0 Å². The highest BCUT2D eigenvalue weighted by Gasteiger charge is 2.38. The van der Waals surface area contributed by atoms with Gasteiger partial charge in [0.15, 0.2) is 5.54 Å². The summed E-state index contributed by atoms with van der Waals surface area (Å²) >= 11 is 0. The van der Waals surface area contributed by atoms with Crippen molar-refractivity contribution in [2.75, 3.05) is 26.2 Å². The number of rotatable bonds is 4. The Morgan fingerprint density at radius 3 is 2.85 bits per heavy atom. The standard InChI is InChI=1S/C15H22N2O3/c1-12-10-17(8-5-9-20-12)11-15(16,14(18)19)13-6-3-2-4-7-13/h2-4,6-7,12H,5,8-11,16H2,1H3,(H,18,19). The Kier molecular flexibility index (Phi) is 4.75. The Labute approximate surface area is 119 Å². The molecule has 2 atom stereocenters. The van der Waals surface area contributed by atoms with E-state index in [9.17, 15) is 9.90 Å². The predicted molar refractivity (Wildman–Crippen MR) is 76.4 cm³/mol. The minimum atomic E-state index is -1.38. The molecule has 1 fully saturated rings. The van der Waals surface area contributed by atoms with Crippen molar-refractivity contribution in [1.29, 1.82) is 0 Å². The first kappa shape index (κ1) is 15.0. The highest BCUT2D eigenvalue weighted by Crippen LogP contribution is 2.21. The molecule has 1 aliphatic heterocycles. The monoisotopic (exact) mass is 278 g/mol. The second-order valence-electron chi connectivity index (χ2n) is 5.41. The maximum absolute atomic E-state index is 11.7. The Morgan fingerprint density at radius 2 is 2.20 bits per heavy atom. The topological polar surface area (TPSA) is 75.8 Å². The molecule has 1 aromatic carbocycles. The lowest BCUT2D eigenvalue weighted by Gasteiger charge is -2.32. The molecule has 0 radical (unpaired) electrons. The van der Waals surface area contributed by atoms with Crippen molar-refractivity contribution in [2.45, 2.75) is 25.0 Å². The first-order valence-electron chi connectivity index (χ1n) is 6.94. The number of carboxylic acid groups (broad SMARTS) is 1. The predicted octanol–water partition coefficient (Wildman–Crippen LogP) is 1.04. The van der Waals surface area contributed by atoms with E-state index >= 15 is 0 Å². The molecule has 0 aliphatic carbocycles. The number of ether oxygens (including phenoxy) is 1. The van der Waals surface area contributed by atoms with Gasteiger partial charge in [-0.1, -0.05) is 30.3 Å². The van der Waals surface area contributed by atoms with E-state index in [0.29, 0.717) is 25.3 Å². The van der Waals surface area contributed by atoms with Gasteiger partial charge in [-0.3, -0.25) is 4.90 Å². The number of hydrogen-bond donors (Lipinski definition) is 2. The smallest absolute Gasteiger partial charge is 0.329 e. The molecule has 2 rings (SSSR count). The van der Waals surface area contributed by atoms with Crippen LogP contribution in [0.1, 0.15) is 18.9 Å². The van der Waals surface area contributed by atoms with Crippen molar-refractivity contribution >= 4 is 5.97 Å². The first-order chi connectivity index (χ1) is 9.52. The van der Waals surface area contributed by atoms with Gasteiger partial charge in [-0.15, -0.1) is 0 Å². The number of carboxylic acids is 1. The molecule has 0 saturated carbocycles. The van der Waals surface area contributed by atoms with Gasteiger partial charge >= 0.3 is 5.97 Å². The van der Waals surface area contributed by atoms with Crippen molar-refractivity contribution in [2.24, 2.45) is 5.73 Å². The van der Waals surface area contributed by atoms with Gasteiger partial charge in [0.25, 0.3) is 0 Å². The van der Waals surface area contributed by atoms with E-state index in [2.05, 4.69) is 4.90 Å². The van der Waals surface area contributed by atoms with Crippen LogP contribution in [0.25, 0.3) is 0 Å². The quantitative estimate of drug-likeness (QED) is 0.860. The fraction of sp³-hybridized carbons (Fsp3) is 0.533. The molecule has 1 saturated heterocycles. The summed E-state index contributed by atoms with van der Waals surface area (Å²) in [6.07, 6.45) is 1.00. The van der Waals surface area contributed by atoms with Crippen LogP contribution in [0.15, 0.2) is 30.3 Å². The fourth-order valence-corrected chi connectivity index (χ4v) is 2.59. The van der Waals surface area contributed by atoms with Gasteiger partial charge in [0.1, 0.15) is 0 Å². The van der Waals surface area contributed by atoms with E-state index in [1.54, 1.807) is 12.1 Å². The lowest BCUT2D eigenvalue weighted by molar-refractivity contribution is -0.144. The van der Waals surface area contributed by atoms with Crippen LogP contribution >= 0.6 is 0 Å². The van der Waals surface area contributed by atoms with Crippen molar-refractivity contribution in [3.8, 4) is 0 Å². The van der Waals surface area contributed by atoms with Crippen LogP contribution < -0.4 is 5.73 Å². The van der Waals surface area contributed by atoms with E-state index in [4.69, 9.17) is 10.5 Å². The summed E-state index contributed by atoms with van der Waals surface area (Å²) in [7, 11) is 0. The van der Waals surface area contributed by atoms with Crippen molar-refractivity contribution in [3.05, 3.63) is 35.9 Å². The summed E-state index contributed by atoms with van der Waals surface area (Å²) in [6, 6.07) is 9.02. The summed E-state index contributed by atoms with van der Waals surface area (Å²) in [5.41, 5.74) is 5.45. The molecule has 20 heavy (non-hydrogen) atoms. The minimum absolute atomic E-state index is 0.103. The summed E-state index contributed by atoms with van der Waals surface area (Å²) in [6.45, 7) is 4.52. The van der Waals surface area contributed by atoms with E-state index in [-0.39, 0.29) is 6.10 Å². The molecular formula is C15H22N2O3. The average Bonchev–Trinajstić information content (AvgIpc) is 2.63. The third kappa shape index (κ3) is 3.36. The molecule has 0 amide bonds. The van der Waals surface area contributed by atoms with Gasteiger partial charge in [-0.05, 0) is 18.9 Å². The molecule has 0 aromatic heterocycles. The Balaban J connectivity index is 2.19. The van der Waals surface area contributed by atoms with Crippen LogP contribution in [-0.2, 0) is 15.1 Å². The third-order valence-electron chi connectivity index (χ3n) is 3.68. The number of carbonyl (C=O) groups is 1. The Morgan fingerprint density at radius 1 is 1.50 bits per heavy atom. The second-order valence-corrected chi connectivity index (χ2v) is 5.41. The molecule has 1 aliphatic rings. The van der Waals surface area contributed by atoms with Crippen molar-refractivity contribution in [1.82, 2.24) is 4.90 Å². The van der Waals surface area contributed by atoms with Gasteiger partial charge in [0.2, 0.25) is 0 Å². The zero-order valence-electron chi connectivity index (χ0n) is 11.8. The molecule has 3 N–H and O–H groups in total. The lowest BCUT2D eigenvalue weighted by Crippen LogP contribution is -2.54. The maximum atomic E-state index is 11.7. The average molecular weight is 278 g/mol. The van der Waals surface area contributed by atoms with E-state index in [1.165, 1.54) is 0 Å². The van der Waals surface area contributed by atoms with E-state index in [0.717, 1.165) is 13.0 Å². The molecule has 0 spiro atoms. The summed E-state index contributed by atoms with van der Waals surface area (Å²) < 4.78 is 5.58. The molecule has 110 valence electrons. The van der Waals surface area contributed by atoms with Crippen LogP contribution in [0, 0.1) is 0 Å². The fourth-order valence-electron chi connectivity index (χ4n) is 2.59. The van der Waals surface area contributed by atoms with Gasteiger partial charge in [0, 0.05) is 26.2 Å². The molecule has 1 aromatic rings. The van der Waals surface area contributed by atoms with E-state index in [1.807, 2.05) is 25.1 Å². The first-order valence-corrected chi connectivity index (χ1v) is 6.94. The van der Waals surface area contributed by atoms with Crippen LogP contribution in [-0.4, -0.2) is 48.3 Å². The molecule has 5 heteroatoms. The SMILES string of the molecule is CC1CN(CC(N)(C(=O)O)c2ccccc2)CCCO1. The number of hydrogen-bond acceptors (Lipinski definition) is 4. The number of benzene rings is 1. The maximum Gasteiger partial charge on any atom is 0.329 e. The van der Waals surface area contributed by atoms with Crippen molar-refractivity contribution in [3.63, 3.8) is 0 Å². The van der Waals surface area contributed by atoms with E-state index < -0.39 is 11.5 Å². The lowest BCUT2D eigenvalue weighted by atomic mass is 9.90. The number of nitrogens with zero attached hydrogens (tertiary/aromatic N) is 1. The third-order valence-corrected chi connectivity index (χ3v) is 3.68. The zero-order valence-corrected chi connectivity index (χ0v) is 11.8. The largest absolute Gasteiger partial charge is 0.480 e. The molecular weight excluding hydrogens is 256 g/mol. The minimum Gasteiger partial charge on any atom is -0.480 e. The number of aliphatic carboxylic acids is 1. The molecule has 5 nitrogen and oxygen atoms in total. The van der Waals surface area contributed by atoms with Crippen LogP contribution in [0.3, 0.4) is 0 Å². The Bertz CT molecular complexity index is 452. The van der Waals surface area contributed by atoms with Gasteiger partial charge < -0.3 is 15.6 Å². The second kappa shape index (κ2) is 6.35. The molecule has 1 heterocycles. The Hall–Kier alpha value is -1.43. The molecule has 0 bridgehead atoms. The van der Waals surface area contributed by atoms with Gasteiger partial charge in [-0.2, -0.15) is 0 Å². The molecule has 2 unspecified atom stereocenters. The summed E-state index contributed by atoms with van der Waals surface area (Å²) in [5, 5.41) is 9.57. The zero-order chi connectivity index (χ0) is 14.6. The van der Waals surface area contributed by atoms with Crippen LogP contribution in [0.5, 0.6) is 0 Å². The van der Waals surface area contributed by atoms with Crippen LogP contribution in [0.2, 0.25) is 0 Å².